The van der Waals surface area contributed by atoms with Gasteiger partial charge in [-0.25, -0.2) is 0 Å². The fourth-order valence-corrected chi connectivity index (χ4v) is 4.93. The molecular formula is C23H28N2O4. The number of fused-ring (bicyclic) bond motifs is 2. The summed E-state index contributed by atoms with van der Waals surface area (Å²) in [5.41, 5.74) is 2.23. The van der Waals surface area contributed by atoms with Crippen molar-refractivity contribution in [2.45, 2.75) is 38.4 Å². The molecule has 3 heterocycles. The molecule has 0 spiro atoms. The van der Waals surface area contributed by atoms with E-state index in [2.05, 4.69) is 22.0 Å². The number of nitrogens with zero attached hydrogens (tertiary/aromatic N) is 2. The van der Waals surface area contributed by atoms with Crippen LogP contribution in [0.1, 0.15) is 24.2 Å². The van der Waals surface area contributed by atoms with E-state index in [0.29, 0.717) is 17.6 Å². The molecule has 1 aromatic carbocycles. The molecule has 2 aliphatic heterocycles. The molecule has 2 fully saturated rings. The molecule has 1 saturated carbocycles. The van der Waals surface area contributed by atoms with Gasteiger partial charge in [0.15, 0.2) is 11.5 Å². The number of aryl methyl sites for hydroxylation is 1. The SMILES string of the molecule is Cc1cccc(CCN2C[C@H]3C[C@@H](Oc4ccc5c(c4)OCO5)[C@H](O)C[C@H]3C2)n1. The predicted octanol–water partition coefficient (Wildman–Crippen LogP) is 2.81. The maximum atomic E-state index is 10.7. The van der Waals surface area contributed by atoms with E-state index in [1.165, 1.54) is 0 Å². The van der Waals surface area contributed by atoms with Crippen LogP contribution in [-0.2, 0) is 6.42 Å². The minimum Gasteiger partial charge on any atom is -0.488 e. The van der Waals surface area contributed by atoms with Crippen molar-refractivity contribution in [1.29, 1.82) is 0 Å². The van der Waals surface area contributed by atoms with Crippen LogP contribution in [-0.4, -0.2) is 53.6 Å². The summed E-state index contributed by atoms with van der Waals surface area (Å²) in [6, 6.07) is 11.8. The third-order valence-corrected chi connectivity index (χ3v) is 6.42. The number of benzene rings is 1. The topological polar surface area (TPSA) is 64.1 Å². The molecule has 3 aliphatic rings. The summed E-state index contributed by atoms with van der Waals surface area (Å²) in [5.74, 6) is 3.31. The number of likely N-dealkylation sites (tertiary alicyclic amines) is 1. The van der Waals surface area contributed by atoms with Gasteiger partial charge < -0.3 is 24.2 Å². The lowest BCUT2D eigenvalue weighted by molar-refractivity contribution is -0.0232. The summed E-state index contributed by atoms with van der Waals surface area (Å²) in [5, 5.41) is 10.7. The summed E-state index contributed by atoms with van der Waals surface area (Å²) in [6.07, 6.45) is 2.06. The molecule has 1 saturated heterocycles. The number of aliphatic hydroxyl groups is 1. The standard InChI is InChI=1S/C23H28N2O4/c1-15-3-2-4-18(24-15)7-8-25-12-16-9-20(26)22(10-17(16)13-25)29-19-5-6-21-23(11-19)28-14-27-21/h2-6,11,16-17,20,22,26H,7-10,12-14H2,1H3/t16-,17+,20+,22+/m0/s1. The van der Waals surface area contributed by atoms with Gasteiger partial charge in [-0.15, -0.1) is 0 Å². The number of aliphatic hydroxyl groups excluding tert-OH is 1. The summed E-state index contributed by atoms with van der Waals surface area (Å²) in [7, 11) is 0. The Kier molecular flexibility index (Phi) is 5.06. The Labute approximate surface area is 171 Å². The summed E-state index contributed by atoms with van der Waals surface area (Å²) < 4.78 is 17.0. The van der Waals surface area contributed by atoms with Crippen molar-refractivity contribution in [2.75, 3.05) is 26.4 Å². The number of hydrogen-bond acceptors (Lipinski definition) is 6. The van der Waals surface area contributed by atoms with E-state index in [-0.39, 0.29) is 12.9 Å². The molecule has 1 aliphatic carbocycles. The molecule has 154 valence electrons. The highest BCUT2D eigenvalue weighted by atomic mass is 16.7. The number of rotatable bonds is 5. The van der Waals surface area contributed by atoms with Gasteiger partial charge in [0.25, 0.3) is 0 Å². The molecular weight excluding hydrogens is 368 g/mol. The van der Waals surface area contributed by atoms with Crippen LogP contribution in [0.5, 0.6) is 17.2 Å². The Morgan fingerprint density at radius 3 is 2.79 bits per heavy atom. The molecule has 2 aromatic rings. The second-order valence-electron chi connectivity index (χ2n) is 8.51. The molecule has 0 radical (unpaired) electrons. The molecule has 0 bridgehead atoms. The molecule has 4 atom stereocenters. The molecule has 0 amide bonds. The Morgan fingerprint density at radius 2 is 1.93 bits per heavy atom. The highest BCUT2D eigenvalue weighted by molar-refractivity contribution is 5.47. The quantitative estimate of drug-likeness (QED) is 0.839. The van der Waals surface area contributed by atoms with E-state index in [1.807, 2.05) is 31.2 Å². The van der Waals surface area contributed by atoms with Gasteiger partial charge in [-0.3, -0.25) is 4.98 Å². The van der Waals surface area contributed by atoms with E-state index in [1.54, 1.807) is 0 Å². The van der Waals surface area contributed by atoms with Crippen molar-refractivity contribution in [2.24, 2.45) is 11.8 Å². The van der Waals surface area contributed by atoms with Gasteiger partial charge in [-0.1, -0.05) is 6.07 Å². The summed E-state index contributed by atoms with van der Waals surface area (Å²) >= 11 is 0. The van der Waals surface area contributed by atoms with E-state index >= 15 is 0 Å². The van der Waals surface area contributed by atoms with E-state index < -0.39 is 6.10 Å². The first-order valence-corrected chi connectivity index (χ1v) is 10.5. The Balaban J connectivity index is 1.18. The summed E-state index contributed by atoms with van der Waals surface area (Å²) in [6.45, 7) is 5.44. The van der Waals surface area contributed by atoms with Gasteiger partial charge >= 0.3 is 0 Å². The number of hydrogen-bond donors (Lipinski definition) is 1. The fraction of sp³-hybridized carbons (Fsp3) is 0.522. The van der Waals surface area contributed by atoms with Crippen molar-refractivity contribution >= 4 is 0 Å². The first-order valence-electron chi connectivity index (χ1n) is 10.5. The van der Waals surface area contributed by atoms with Gasteiger partial charge in [-0.2, -0.15) is 0 Å². The summed E-state index contributed by atoms with van der Waals surface area (Å²) in [4.78, 5) is 7.14. The van der Waals surface area contributed by atoms with E-state index in [9.17, 15) is 5.11 Å². The first-order chi connectivity index (χ1) is 14.1. The van der Waals surface area contributed by atoms with Crippen LogP contribution >= 0.6 is 0 Å². The number of ether oxygens (including phenoxy) is 3. The van der Waals surface area contributed by atoms with Crippen LogP contribution in [0.2, 0.25) is 0 Å². The van der Waals surface area contributed by atoms with Crippen molar-refractivity contribution in [3.63, 3.8) is 0 Å². The third kappa shape index (κ3) is 4.05. The number of pyridine rings is 1. The average molecular weight is 396 g/mol. The van der Waals surface area contributed by atoms with Crippen molar-refractivity contribution in [3.8, 4) is 17.2 Å². The monoisotopic (exact) mass is 396 g/mol. The van der Waals surface area contributed by atoms with Gasteiger partial charge in [0, 0.05) is 43.5 Å². The fourth-order valence-electron chi connectivity index (χ4n) is 4.93. The van der Waals surface area contributed by atoms with Crippen LogP contribution in [0.15, 0.2) is 36.4 Å². The van der Waals surface area contributed by atoms with Gasteiger partial charge in [0.2, 0.25) is 6.79 Å². The molecule has 1 aromatic heterocycles. The predicted molar refractivity (Wildman–Crippen MR) is 108 cm³/mol. The van der Waals surface area contributed by atoms with Crippen LogP contribution < -0.4 is 14.2 Å². The number of aromatic nitrogens is 1. The maximum Gasteiger partial charge on any atom is 0.231 e. The molecule has 6 nitrogen and oxygen atoms in total. The van der Waals surface area contributed by atoms with Crippen molar-refractivity contribution in [1.82, 2.24) is 9.88 Å². The highest BCUT2D eigenvalue weighted by Gasteiger charge is 2.42. The molecule has 6 heteroatoms. The van der Waals surface area contributed by atoms with E-state index in [0.717, 1.165) is 61.8 Å². The Morgan fingerprint density at radius 1 is 1.10 bits per heavy atom. The minimum atomic E-state index is -0.430. The molecule has 1 N–H and O–H groups in total. The van der Waals surface area contributed by atoms with Crippen LogP contribution in [0.25, 0.3) is 0 Å². The van der Waals surface area contributed by atoms with Gasteiger partial charge in [-0.05, 0) is 55.9 Å². The lowest BCUT2D eigenvalue weighted by atomic mass is 9.78. The average Bonchev–Trinajstić information content (AvgIpc) is 3.32. The lowest BCUT2D eigenvalue weighted by Gasteiger charge is -2.35. The molecule has 29 heavy (non-hydrogen) atoms. The van der Waals surface area contributed by atoms with Gasteiger partial charge in [0.05, 0.1) is 6.10 Å². The Bertz CT molecular complexity index is 874. The Hall–Kier alpha value is -2.31. The third-order valence-electron chi connectivity index (χ3n) is 6.42. The molecule has 5 rings (SSSR count). The second-order valence-corrected chi connectivity index (χ2v) is 8.51. The van der Waals surface area contributed by atoms with Crippen molar-refractivity contribution < 1.29 is 19.3 Å². The lowest BCUT2D eigenvalue weighted by Crippen LogP contribution is -2.42. The molecule has 0 unspecified atom stereocenters. The van der Waals surface area contributed by atoms with Gasteiger partial charge in [0.1, 0.15) is 11.9 Å². The van der Waals surface area contributed by atoms with Crippen LogP contribution in [0.3, 0.4) is 0 Å². The van der Waals surface area contributed by atoms with Crippen LogP contribution in [0, 0.1) is 18.8 Å². The van der Waals surface area contributed by atoms with E-state index in [4.69, 9.17) is 14.2 Å². The van der Waals surface area contributed by atoms with Crippen molar-refractivity contribution in [3.05, 3.63) is 47.8 Å². The smallest absolute Gasteiger partial charge is 0.231 e. The van der Waals surface area contributed by atoms with Crippen LogP contribution in [0.4, 0.5) is 0 Å². The first kappa shape index (κ1) is 18.7. The highest BCUT2D eigenvalue weighted by Crippen LogP contribution is 2.40. The maximum absolute atomic E-state index is 10.7. The zero-order valence-corrected chi connectivity index (χ0v) is 16.8. The minimum absolute atomic E-state index is 0.171. The normalized spacial score (nSPS) is 28.3. The second kappa shape index (κ2) is 7.84. The zero-order chi connectivity index (χ0) is 19.8. The zero-order valence-electron chi connectivity index (χ0n) is 16.8. The largest absolute Gasteiger partial charge is 0.488 e.